The Labute approximate surface area is 271 Å². The average Bonchev–Trinajstić information content (AvgIpc) is 3.55. The molecule has 0 saturated carbocycles. The van der Waals surface area contributed by atoms with Crippen LogP contribution in [-0.2, 0) is 0 Å². The van der Waals surface area contributed by atoms with E-state index in [-0.39, 0.29) is 0 Å². The van der Waals surface area contributed by atoms with E-state index in [2.05, 4.69) is 114 Å². The molecule has 9 rings (SSSR count). The van der Waals surface area contributed by atoms with Gasteiger partial charge in [-0.1, -0.05) is 127 Å². The van der Waals surface area contributed by atoms with Crippen molar-refractivity contribution in [2.45, 2.75) is 0 Å². The third-order valence-electron chi connectivity index (χ3n) is 8.62. The Morgan fingerprint density at radius 1 is 0.404 bits per heavy atom. The van der Waals surface area contributed by atoms with E-state index in [1.165, 1.54) is 0 Å². The molecule has 47 heavy (non-hydrogen) atoms. The monoisotopic (exact) mass is 601 g/mol. The highest BCUT2D eigenvalue weighted by Crippen LogP contribution is 2.35. The quantitative estimate of drug-likeness (QED) is 0.197. The van der Waals surface area contributed by atoms with Crippen molar-refractivity contribution in [1.82, 2.24) is 24.3 Å². The van der Waals surface area contributed by atoms with Crippen LogP contribution in [-0.4, -0.2) is 24.3 Å². The third-order valence-corrected chi connectivity index (χ3v) is 8.62. The molecule has 0 fully saturated rings. The molecule has 0 saturated heterocycles. The van der Waals surface area contributed by atoms with Crippen LogP contribution >= 0.6 is 0 Å². The van der Waals surface area contributed by atoms with Gasteiger partial charge in [0.15, 0.2) is 5.82 Å². The van der Waals surface area contributed by atoms with Crippen molar-refractivity contribution in [3.8, 4) is 56.3 Å². The van der Waals surface area contributed by atoms with Crippen molar-refractivity contribution in [2.75, 3.05) is 0 Å². The van der Waals surface area contributed by atoms with E-state index in [0.717, 1.165) is 78.0 Å². The lowest BCUT2D eigenvalue weighted by Crippen LogP contribution is -1.96. The van der Waals surface area contributed by atoms with Crippen molar-refractivity contribution in [2.24, 2.45) is 0 Å². The molecule has 0 bridgehead atoms. The van der Waals surface area contributed by atoms with E-state index < -0.39 is 0 Å². The fraction of sp³-hybridized carbons (Fsp3) is 0. The maximum Gasteiger partial charge on any atom is 0.160 e. The second-order valence-electron chi connectivity index (χ2n) is 11.6. The lowest BCUT2D eigenvalue weighted by atomic mass is 10.0. The molecule has 5 nitrogen and oxygen atoms in total. The van der Waals surface area contributed by atoms with Crippen molar-refractivity contribution < 1.29 is 0 Å². The number of hydrogen-bond acceptors (Lipinski definition) is 4. The number of rotatable bonds is 5. The summed E-state index contributed by atoms with van der Waals surface area (Å²) in [6, 6.07) is 54.0. The number of fused-ring (bicyclic) bond motifs is 5. The van der Waals surface area contributed by atoms with E-state index in [9.17, 15) is 0 Å². The Morgan fingerprint density at radius 2 is 1.02 bits per heavy atom. The van der Waals surface area contributed by atoms with Gasteiger partial charge < -0.3 is 0 Å². The van der Waals surface area contributed by atoms with E-state index in [4.69, 9.17) is 19.9 Å². The summed E-state index contributed by atoms with van der Waals surface area (Å²) in [7, 11) is 0. The van der Waals surface area contributed by atoms with Gasteiger partial charge >= 0.3 is 0 Å². The van der Waals surface area contributed by atoms with Crippen LogP contribution < -0.4 is 0 Å². The summed E-state index contributed by atoms with van der Waals surface area (Å²) in [5, 5.41) is 1.05. The van der Waals surface area contributed by atoms with Gasteiger partial charge in [-0.2, -0.15) is 0 Å². The van der Waals surface area contributed by atoms with E-state index in [1.54, 1.807) is 0 Å². The van der Waals surface area contributed by atoms with Crippen LogP contribution in [0.5, 0.6) is 0 Å². The van der Waals surface area contributed by atoms with Gasteiger partial charge in [0.1, 0.15) is 11.2 Å². The highest BCUT2D eigenvalue weighted by Gasteiger charge is 2.17. The molecular weight excluding hydrogens is 574 g/mol. The zero-order valence-corrected chi connectivity index (χ0v) is 25.3. The molecule has 5 heteroatoms. The third kappa shape index (κ3) is 4.82. The molecule has 0 amide bonds. The number of nitrogens with zero attached hydrogens (tertiary/aromatic N) is 5. The zero-order valence-electron chi connectivity index (χ0n) is 25.3. The van der Waals surface area contributed by atoms with Crippen LogP contribution in [0.3, 0.4) is 0 Å². The minimum absolute atomic E-state index is 0.687. The first-order valence-corrected chi connectivity index (χ1v) is 15.7. The minimum atomic E-state index is 0.687. The summed E-state index contributed by atoms with van der Waals surface area (Å²) in [5.41, 5.74) is 12.7. The molecule has 0 radical (unpaired) electrons. The standard InChI is InChI=1S/C42H27N5/c1-3-12-28(13-4-1)32-16-11-17-33(26-32)42-44-36(29-14-5-2-6-15-29)27-37(45-42)30-21-23-31(24-22-30)39-41-40(34-18-7-8-19-35(34)43-39)46-38-20-9-10-25-47(38)41/h1-27H. The SMILES string of the molecule is c1ccc(-c2cccc(-c3nc(-c4ccccc4)cc(-c4ccc(-c5nc6ccccc6c6nc7ccccn7c56)cc4)n3)c2)cc1. The van der Waals surface area contributed by atoms with E-state index in [1.807, 2.05) is 54.6 Å². The van der Waals surface area contributed by atoms with Gasteiger partial charge in [0, 0.05) is 33.8 Å². The first-order valence-electron chi connectivity index (χ1n) is 15.7. The van der Waals surface area contributed by atoms with E-state index >= 15 is 0 Å². The van der Waals surface area contributed by atoms with Gasteiger partial charge in [0.05, 0.1) is 28.1 Å². The smallest absolute Gasteiger partial charge is 0.160 e. The largest absolute Gasteiger partial charge is 0.298 e. The van der Waals surface area contributed by atoms with Crippen molar-refractivity contribution in [3.63, 3.8) is 0 Å². The van der Waals surface area contributed by atoms with Gasteiger partial charge in [-0.3, -0.25) is 4.40 Å². The Morgan fingerprint density at radius 3 is 1.81 bits per heavy atom. The summed E-state index contributed by atoms with van der Waals surface area (Å²) in [4.78, 5) is 20.3. The van der Waals surface area contributed by atoms with Crippen LogP contribution in [0.15, 0.2) is 164 Å². The molecule has 0 aliphatic heterocycles. The minimum Gasteiger partial charge on any atom is -0.298 e. The normalized spacial score (nSPS) is 11.4. The van der Waals surface area contributed by atoms with Crippen molar-refractivity contribution in [1.29, 1.82) is 0 Å². The summed E-state index contributed by atoms with van der Waals surface area (Å²) in [6.45, 7) is 0. The second-order valence-corrected chi connectivity index (χ2v) is 11.6. The van der Waals surface area contributed by atoms with Gasteiger partial charge in [-0.25, -0.2) is 19.9 Å². The average molecular weight is 602 g/mol. The maximum absolute atomic E-state index is 5.15. The number of hydrogen-bond donors (Lipinski definition) is 0. The summed E-state index contributed by atoms with van der Waals surface area (Å²) >= 11 is 0. The van der Waals surface area contributed by atoms with Crippen molar-refractivity contribution in [3.05, 3.63) is 164 Å². The van der Waals surface area contributed by atoms with Gasteiger partial charge in [-0.15, -0.1) is 0 Å². The van der Waals surface area contributed by atoms with E-state index in [0.29, 0.717) is 5.82 Å². The Kier molecular flexibility index (Phi) is 6.39. The molecule has 0 atom stereocenters. The Balaban J connectivity index is 1.18. The highest BCUT2D eigenvalue weighted by molar-refractivity contribution is 6.09. The number of para-hydroxylation sites is 1. The van der Waals surface area contributed by atoms with Crippen LogP contribution in [0.25, 0.3) is 83.9 Å². The fourth-order valence-corrected chi connectivity index (χ4v) is 6.30. The Hall–Kier alpha value is -6.46. The molecule has 5 aromatic carbocycles. The molecule has 0 spiro atoms. The molecule has 0 aliphatic rings. The van der Waals surface area contributed by atoms with Crippen LogP contribution in [0.2, 0.25) is 0 Å². The first-order chi connectivity index (χ1) is 23.3. The molecule has 4 heterocycles. The number of aromatic nitrogens is 5. The number of imidazole rings is 1. The van der Waals surface area contributed by atoms with Gasteiger partial charge in [0.25, 0.3) is 0 Å². The molecule has 9 aromatic rings. The lowest BCUT2D eigenvalue weighted by Gasteiger charge is -2.11. The maximum atomic E-state index is 5.15. The fourth-order valence-electron chi connectivity index (χ4n) is 6.30. The predicted molar refractivity (Wildman–Crippen MR) is 191 cm³/mol. The molecule has 0 N–H and O–H groups in total. The summed E-state index contributed by atoms with van der Waals surface area (Å²) < 4.78 is 2.13. The van der Waals surface area contributed by atoms with Gasteiger partial charge in [0.2, 0.25) is 0 Å². The molecule has 4 aromatic heterocycles. The van der Waals surface area contributed by atoms with Crippen LogP contribution in [0.4, 0.5) is 0 Å². The first kappa shape index (κ1) is 26.9. The Bertz CT molecular complexity index is 2550. The molecule has 0 unspecified atom stereocenters. The zero-order chi connectivity index (χ0) is 31.2. The van der Waals surface area contributed by atoms with Crippen LogP contribution in [0.1, 0.15) is 0 Å². The highest BCUT2D eigenvalue weighted by atomic mass is 15.0. The topological polar surface area (TPSA) is 56.0 Å². The predicted octanol–water partition coefficient (Wildman–Crippen LogP) is 10.2. The van der Waals surface area contributed by atoms with Crippen molar-refractivity contribution >= 4 is 27.6 Å². The molecular formula is C42H27N5. The molecule has 0 aliphatic carbocycles. The lowest BCUT2D eigenvalue weighted by molar-refractivity contribution is 1.18. The van der Waals surface area contributed by atoms with Gasteiger partial charge in [-0.05, 0) is 41.5 Å². The summed E-state index contributed by atoms with van der Waals surface area (Å²) in [6.07, 6.45) is 2.05. The molecule has 220 valence electrons. The number of benzene rings is 5. The number of pyridine rings is 2. The van der Waals surface area contributed by atoms with Crippen LogP contribution in [0, 0.1) is 0 Å². The second kappa shape index (κ2) is 11.2. The summed E-state index contributed by atoms with van der Waals surface area (Å²) in [5.74, 6) is 0.687.